The number of nitrogens with zero attached hydrogens (tertiary/aromatic N) is 2. The van der Waals surface area contributed by atoms with Crippen molar-refractivity contribution in [1.82, 2.24) is 4.98 Å². The summed E-state index contributed by atoms with van der Waals surface area (Å²) >= 11 is 0. The van der Waals surface area contributed by atoms with Crippen LogP contribution in [0.3, 0.4) is 0 Å². The molecule has 1 N–H and O–H groups in total. The zero-order valence-corrected chi connectivity index (χ0v) is 10.3. The molecule has 0 fully saturated rings. The molecule has 0 amide bonds. The third-order valence-corrected chi connectivity index (χ3v) is 2.66. The third-order valence-electron chi connectivity index (χ3n) is 2.66. The quantitative estimate of drug-likeness (QED) is 0.678. The number of nitro groups is 1. The number of hydrogen-bond donors (Lipinski definition) is 1. The Morgan fingerprint density at radius 3 is 2.89 bits per heavy atom. The van der Waals surface area contributed by atoms with E-state index in [0.29, 0.717) is 11.1 Å². The van der Waals surface area contributed by atoms with Gasteiger partial charge < -0.3 is 5.32 Å². The van der Waals surface area contributed by atoms with E-state index in [1.807, 2.05) is 0 Å². The predicted molar refractivity (Wildman–Crippen MR) is 69.4 cm³/mol. The maximum absolute atomic E-state index is 13.0. The standard InChI is InChI=1S/C13H12FN3O2/c1-9-5-6-15-13(12(9)17(18)19)16-8-10-3-2-4-11(14)7-10/h2-7H,8H2,1H3,(H,15,16). The highest BCUT2D eigenvalue weighted by atomic mass is 19.1. The molecule has 0 atom stereocenters. The number of pyridine rings is 1. The molecule has 19 heavy (non-hydrogen) atoms. The van der Waals surface area contributed by atoms with Crippen molar-refractivity contribution >= 4 is 11.5 Å². The second-order valence-corrected chi connectivity index (χ2v) is 4.07. The number of aromatic nitrogens is 1. The van der Waals surface area contributed by atoms with Gasteiger partial charge >= 0.3 is 5.69 Å². The zero-order chi connectivity index (χ0) is 13.8. The molecule has 6 heteroatoms. The van der Waals surface area contributed by atoms with Crippen LogP contribution in [0.15, 0.2) is 36.5 Å². The van der Waals surface area contributed by atoms with Crippen LogP contribution in [0.25, 0.3) is 0 Å². The monoisotopic (exact) mass is 261 g/mol. The molecular formula is C13H12FN3O2. The lowest BCUT2D eigenvalue weighted by molar-refractivity contribution is -0.384. The average Bonchev–Trinajstić information content (AvgIpc) is 2.36. The van der Waals surface area contributed by atoms with Gasteiger partial charge in [-0.05, 0) is 30.7 Å². The fourth-order valence-corrected chi connectivity index (χ4v) is 1.74. The summed E-state index contributed by atoms with van der Waals surface area (Å²) in [6.07, 6.45) is 1.50. The van der Waals surface area contributed by atoms with Gasteiger partial charge in [-0.1, -0.05) is 12.1 Å². The molecule has 0 saturated heterocycles. The van der Waals surface area contributed by atoms with Gasteiger partial charge in [0.25, 0.3) is 0 Å². The first-order chi connectivity index (χ1) is 9.08. The minimum absolute atomic E-state index is 0.0566. The smallest absolute Gasteiger partial charge is 0.314 e. The molecule has 0 aliphatic carbocycles. The lowest BCUT2D eigenvalue weighted by Gasteiger charge is -2.07. The van der Waals surface area contributed by atoms with Crippen LogP contribution in [0, 0.1) is 22.9 Å². The molecule has 5 nitrogen and oxygen atoms in total. The van der Waals surface area contributed by atoms with Gasteiger partial charge in [0.2, 0.25) is 5.82 Å². The number of halogens is 1. The lowest BCUT2D eigenvalue weighted by atomic mass is 10.2. The van der Waals surface area contributed by atoms with Crippen LogP contribution < -0.4 is 5.32 Å². The van der Waals surface area contributed by atoms with Gasteiger partial charge in [-0.25, -0.2) is 9.37 Å². The van der Waals surface area contributed by atoms with Crippen LogP contribution in [-0.4, -0.2) is 9.91 Å². The van der Waals surface area contributed by atoms with Gasteiger partial charge in [0.1, 0.15) is 5.82 Å². The van der Waals surface area contributed by atoms with Gasteiger partial charge in [-0.15, -0.1) is 0 Å². The normalized spacial score (nSPS) is 10.2. The van der Waals surface area contributed by atoms with Crippen molar-refractivity contribution in [3.05, 3.63) is 63.6 Å². The van der Waals surface area contributed by atoms with Crippen molar-refractivity contribution < 1.29 is 9.31 Å². The van der Waals surface area contributed by atoms with Gasteiger partial charge in [0, 0.05) is 18.3 Å². The maximum atomic E-state index is 13.0. The SMILES string of the molecule is Cc1ccnc(NCc2cccc(F)c2)c1[N+](=O)[O-]. The number of hydrogen-bond acceptors (Lipinski definition) is 4. The second kappa shape index (κ2) is 5.43. The summed E-state index contributed by atoms with van der Waals surface area (Å²) in [7, 11) is 0. The summed E-state index contributed by atoms with van der Waals surface area (Å²) in [5.41, 5.74) is 1.17. The first kappa shape index (κ1) is 12.9. The highest BCUT2D eigenvalue weighted by Crippen LogP contribution is 2.25. The van der Waals surface area contributed by atoms with Crippen molar-refractivity contribution in [3.63, 3.8) is 0 Å². The summed E-state index contributed by atoms with van der Waals surface area (Å²) in [5, 5.41) is 13.8. The molecule has 0 bridgehead atoms. The summed E-state index contributed by atoms with van der Waals surface area (Å²) in [6.45, 7) is 1.92. The molecule has 2 rings (SSSR count). The molecule has 1 heterocycles. The van der Waals surface area contributed by atoms with E-state index in [1.165, 1.54) is 18.3 Å². The van der Waals surface area contributed by atoms with Crippen molar-refractivity contribution in [2.45, 2.75) is 13.5 Å². The van der Waals surface area contributed by atoms with Crippen molar-refractivity contribution in [1.29, 1.82) is 0 Å². The third kappa shape index (κ3) is 3.04. The Bertz CT molecular complexity index is 617. The molecule has 1 aromatic heterocycles. The molecule has 98 valence electrons. The summed E-state index contributed by atoms with van der Waals surface area (Å²) < 4.78 is 13.0. The van der Waals surface area contributed by atoms with E-state index in [9.17, 15) is 14.5 Å². The Balaban J connectivity index is 2.20. The van der Waals surface area contributed by atoms with Gasteiger partial charge in [-0.3, -0.25) is 10.1 Å². The molecule has 0 saturated carbocycles. The topological polar surface area (TPSA) is 68.1 Å². The Morgan fingerprint density at radius 1 is 1.42 bits per heavy atom. The Kier molecular flexibility index (Phi) is 3.70. The summed E-state index contributed by atoms with van der Waals surface area (Å²) in [6, 6.07) is 7.61. The van der Waals surface area contributed by atoms with Gasteiger partial charge in [0.15, 0.2) is 0 Å². The number of benzene rings is 1. The van der Waals surface area contributed by atoms with Crippen molar-refractivity contribution in [3.8, 4) is 0 Å². The number of rotatable bonds is 4. The van der Waals surface area contributed by atoms with E-state index < -0.39 is 4.92 Å². The van der Waals surface area contributed by atoms with E-state index in [0.717, 1.165) is 0 Å². The minimum atomic E-state index is -0.476. The molecule has 0 unspecified atom stereocenters. The van der Waals surface area contributed by atoms with E-state index in [-0.39, 0.29) is 23.9 Å². The van der Waals surface area contributed by atoms with Gasteiger partial charge in [0.05, 0.1) is 4.92 Å². The van der Waals surface area contributed by atoms with Crippen LogP contribution >= 0.6 is 0 Å². The van der Waals surface area contributed by atoms with E-state index >= 15 is 0 Å². The summed E-state index contributed by atoms with van der Waals surface area (Å²) in [5.74, 6) is -0.153. The first-order valence-corrected chi connectivity index (χ1v) is 5.66. The molecule has 0 spiro atoms. The minimum Gasteiger partial charge on any atom is -0.360 e. The molecule has 2 aromatic rings. The van der Waals surface area contributed by atoms with E-state index in [2.05, 4.69) is 10.3 Å². The highest BCUT2D eigenvalue weighted by Gasteiger charge is 2.17. The fourth-order valence-electron chi connectivity index (χ4n) is 1.74. The molecule has 0 aliphatic heterocycles. The van der Waals surface area contributed by atoms with Crippen molar-refractivity contribution in [2.24, 2.45) is 0 Å². The lowest BCUT2D eigenvalue weighted by Crippen LogP contribution is -2.05. The molecule has 0 aliphatic rings. The Morgan fingerprint density at radius 2 is 2.21 bits per heavy atom. The van der Waals surface area contributed by atoms with Gasteiger partial charge in [-0.2, -0.15) is 0 Å². The highest BCUT2D eigenvalue weighted by molar-refractivity contribution is 5.59. The maximum Gasteiger partial charge on any atom is 0.314 e. The van der Waals surface area contributed by atoms with E-state index in [4.69, 9.17) is 0 Å². The van der Waals surface area contributed by atoms with Crippen LogP contribution in [0.4, 0.5) is 15.9 Å². The van der Waals surface area contributed by atoms with Crippen molar-refractivity contribution in [2.75, 3.05) is 5.32 Å². The van der Waals surface area contributed by atoms with Crippen LogP contribution in [0.1, 0.15) is 11.1 Å². The van der Waals surface area contributed by atoms with Crippen LogP contribution in [0.2, 0.25) is 0 Å². The zero-order valence-electron chi connectivity index (χ0n) is 10.3. The molecule has 0 radical (unpaired) electrons. The number of aryl methyl sites for hydroxylation is 1. The van der Waals surface area contributed by atoms with E-state index in [1.54, 1.807) is 25.1 Å². The molecular weight excluding hydrogens is 249 g/mol. The average molecular weight is 261 g/mol. The number of anilines is 1. The van der Waals surface area contributed by atoms with Crippen LogP contribution in [0.5, 0.6) is 0 Å². The summed E-state index contributed by atoms with van der Waals surface area (Å²) in [4.78, 5) is 14.4. The number of nitrogens with one attached hydrogen (secondary N) is 1. The fraction of sp³-hybridized carbons (Fsp3) is 0.154. The van der Waals surface area contributed by atoms with Crippen LogP contribution in [-0.2, 0) is 6.54 Å². The predicted octanol–water partition coefficient (Wildman–Crippen LogP) is 3.05. The Hall–Kier alpha value is -2.50. The largest absolute Gasteiger partial charge is 0.360 e. The first-order valence-electron chi connectivity index (χ1n) is 5.66. The Labute approximate surface area is 109 Å². The second-order valence-electron chi connectivity index (χ2n) is 4.07. The molecule has 1 aromatic carbocycles.